The smallest absolute Gasteiger partial charge is 0.161 e. The van der Waals surface area contributed by atoms with Gasteiger partial charge in [-0.1, -0.05) is 25.1 Å². The quantitative estimate of drug-likeness (QED) is 0.396. The largest absolute Gasteiger partial charge is 0.490 e. The highest BCUT2D eigenvalue weighted by Gasteiger charge is 2.41. The first-order chi connectivity index (χ1) is 16.0. The molecule has 0 radical (unpaired) electrons. The number of carbonyl (C=O) groups excluding carboxylic acids is 1. The zero-order chi connectivity index (χ0) is 22.9. The summed E-state index contributed by atoms with van der Waals surface area (Å²) in [7, 11) is 0. The first-order valence-corrected chi connectivity index (χ1v) is 12.3. The van der Waals surface area contributed by atoms with Gasteiger partial charge >= 0.3 is 0 Å². The first kappa shape index (κ1) is 22.1. The third-order valence-corrected chi connectivity index (χ3v) is 7.51. The molecule has 2 aliphatic rings. The molecule has 0 aliphatic carbocycles. The molecule has 5 rings (SSSR count). The van der Waals surface area contributed by atoms with Crippen molar-refractivity contribution >= 4 is 16.7 Å². The van der Waals surface area contributed by atoms with Crippen LogP contribution in [0.3, 0.4) is 0 Å². The van der Waals surface area contributed by atoms with E-state index in [2.05, 4.69) is 40.8 Å². The summed E-state index contributed by atoms with van der Waals surface area (Å²) in [5.41, 5.74) is 3.36. The lowest BCUT2D eigenvalue weighted by Crippen LogP contribution is -2.46. The lowest BCUT2D eigenvalue weighted by atomic mass is 9.99. The molecule has 0 saturated carbocycles. The highest BCUT2D eigenvalue weighted by molar-refractivity contribution is 6.07. The predicted octanol–water partition coefficient (Wildman–Crippen LogP) is 6.01. The minimum absolute atomic E-state index is 0.133. The van der Waals surface area contributed by atoms with Crippen LogP contribution in [-0.4, -0.2) is 40.0 Å². The molecule has 2 aliphatic heterocycles. The number of carbonyl (C=O) groups is 1. The molecule has 3 aromatic rings. The Hall–Kier alpha value is -2.66. The van der Waals surface area contributed by atoms with E-state index in [9.17, 15) is 9.18 Å². The number of benzene rings is 2. The molecule has 1 aromatic heterocycles. The number of hydrogen-bond acceptors (Lipinski definition) is 3. The van der Waals surface area contributed by atoms with Gasteiger partial charge < -0.3 is 9.30 Å². The SMILES string of the molecule is CCc1cccc2c(C(C)=O)cn(CCCN3C4CCC3CC(Oc3ccc(F)cc3)C4)c12. The molecule has 174 valence electrons. The zero-order valence-electron chi connectivity index (χ0n) is 19.6. The molecule has 0 amide bonds. The molecule has 2 aromatic carbocycles. The Morgan fingerprint density at radius 1 is 1.06 bits per heavy atom. The van der Waals surface area contributed by atoms with Crippen molar-refractivity contribution in [2.24, 2.45) is 0 Å². The van der Waals surface area contributed by atoms with Gasteiger partial charge in [0.25, 0.3) is 0 Å². The Morgan fingerprint density at radius 3 is 2.45 bits per heavy atom. The second-order valence-electron chi connectivity index (χ2n) is 9.60. The van der Waals surface area contributed by atoms with E-state index in [0.717, 1.165) is 55.5 Å². The Balaban J connectivity index is 1.23. The van der Waals surface area contributed by atoms with Gasteiger partial charge in [0.15, 0.2) is 5.78 Å². The number of halogens is 1. The maximum absolute atomic E-state index is 13.2. The van der Waals surface area contributed by atoms with Crippen LogP contribution in [0.1, 0.15) is 61.9 Å². The summed E-state index contributed by atoms with van der Waals surface area (Å²) in [6.07, 6.45) is 8.83. The minimum atomic E-state index is -0.228. The van der Waals surface area contributed by atoms with Gasteiger partial charge in [0.2, 0.25) is 0 Å². The Kier molecular flexibility index (Phi) is 6.24. The Bertz CT molecular complexity index is 1120. The maximum atomic E-state index is 13.2. The average Bonchev–Trinajstić information content (AvgIpc) is 3.29. The third-order valence-electron chi connectivity index (χ3n) is 7.51. The fourth-order valence-electron chi connectivity index (χ4n) is 5.99. The van der Waals surface area contributed by atoms with Gasteiger partial charge in [0.05, 0.1) is 5.52 Å². The summed E-state index contributed by atoms with van der Waals surface area (Å²) in [6.45, 7) is 5.83. The topological polar surface area (TPSA) is 34.5 Å². The fraction of sp³-hybridized carbons (Fsp3) is 0.464. The normalized spacial score (nSPS) is 22.7. The van der Waals surface area contributed by atoms with Gasteiger partial charge in [-0.2, -0.15) is 0 Å². The highest BCUT2D eigenvalue weighted by atomic mass is 19.1. The highest BCUT2D eigenvalue weighted by Crippen LogP contribution is 2.37. The molecule has 0 spiro atoms. The van der Waals surface area contributed by atoms with E-state index in [0.29, 0.717) is 12.1 Å². The fourth-order valence-corrected chi connectivity index (χ4v) is 5.99. The molecule has 2 saturated heterocycles. The molecular weight excluding hydrogens is 415 g/mol. The Labute approximate surface area is 195 Å². The predicted molar refractivity (Wildman–Crippen MR) is 130 cm³/mol. The van der Waals surface area contributed by atoms with Crippen molar-refractivity contribution in [3.8, 4) is 5.75 Å². The molecule has 2 atom stereocenters. The van der Waals surface area contributed by atoms with Gasteiger partial charge in [0, 0.05) is 42.3 Å². The van der Waals surface area contributed by atoms with Crippen LogP contribution >= 0.6 is 0 Å². The number of nitrogens with zero attached hydrogens (tertiary/aromatic N) is 2. The number of aromatic nitrogens is 1. The van der Waals surface area contributed by atoms with Crippen molar-refractivity contribution in [2.75, 3.05) is 6.54 Å². The number of piperidine rings is 1. The molecule has 0 N–H and O–H groups in total. The van der Waals surface area contributed by atoms with Gasteiger partial charge in [-0.15, -0.1) is 0 Å². The molecule has 2 unspecified atom stereocenters. The van der Waals surface area contributed by atoms with E-state index in [4.69, 9.17) is 4.74 Å². The Morgan fingerprint density at radius 2 is 1.79 bits per heavy atom. The number of ether oxygens (including phenoxy) is 1. The summed E-state index contributed by atoms with van der Waals surface area (Å²) in [5.74, 6) is 0.671. The average molecular weight is 449 g/mol. The maximum Gasteiger partial charge on any atom is 0.161 e. The molecule has 33 heavy (non-hydrogen) atoms. The standard InChI is InChI=1S/C28H33FN2O2/c1-3-20-6-4-7-26-27(19(2)32)18-30(28(20)26)14-5-15-31-22-10-11-23(31)17-25(16-22)33-24-12-8-21(29)9-13-24/h4,6-9,12-13,18,22-23,25H,3,5,10-11,14-17H2,1-2H3. The summed E-state index contributed by atoms with van der Waals surface area (Å²) >= 11 is 0. The minimum Gasteiger partial charge on any atom is -0.490 e. The summed E-state index contributed by atoms with van der Waals surface area (Å²) in [4.78, 5) is 14.9. The second kappa shape index (κ2) is 9.30. The van der Waals surface area contributed by atoms with Crippen molar-refractivity contribution in [2.45, 2.75) is 77.1 Å². The molecule has 2 fully saturated rings. The van der Waals surface area contributed by atoms with E-state index >= 15 is 0 Å². The first-order valence-electron chi connectivity index (χ1n) is 12.3. The van der Waals surface area contributed by atoms with E-state index in [1.807, 2.05) is 0 Å². The van der Waals surface area contributed by atoms with Crippen LogP contribution in [0.25, 0.3) is 10.9 Å². The van der Waals surface area contributed by atoms with Crippen LogP contribution in [0.2, 0.25) is 0 Å². The molecule has 3 heterocycles. The van der Waals surface area contributed by atoms with Crippen LogP contribution in [-0.2, 0) is 13.0 Å². The van der Waals surface area contributed by atoms with Crippen molar-refractivity contribution in [1.82, 2.24) is 9.47 Å². The number of aryl methyl sites for hydroxylation is 2. The molecule has 4 nitrogen and oxygen atoms in total. The zero-order valence-corrected chi connectivity index (χ0v) is 19.6. The van der Waals surface area contributed by atoms with E-state index < -0.39 is 0 Å². The van der Waals surface area contributed by atoms with Crippen LogP contribution in [0.5, 0.6) is 5.75 Å². The van der Waals surface area contributed by atoms with Crippen LogP contribution in [0.4, 0.5) is 4.39 Å². The molecular formula is C28H33FN2O2. The van der Waals surface area contributed by atoms with Crippen molar-refractivity contribution < 1.29 is 13.9 Å². The number of para-hydroxylation sites is 1. The molecule has 2 bridgehead atoms. The third kappa shape index (κ3) is 4.43. The molecule has 5 heteroatoms. The lowest BCUT2D eigenvalue weighted by Gasteiger charge is -2.39. The van der Waals surface area contributed by atoms with Crippen molar-refractivity contribution in [3.05, 3.63) is 65.6 Å². The number of rotatable bonds is 8. The van der Waals surface area contributed by atoms with E-state index in [1.165, 1.54) is 36.1 Å². The van der Waals surface area contributed by atoms with Crippen LogP contribution in [0, 0.1) is 5.82 Å². The van der Waals surface area contributed by atoms with Crippen molar-refractivity contribution in [1.29, 1.82) is 0 Å². The summed E-state index contributed by atoms with van der Waals surface area (Å²) < 4.78 is 21.7. The second-order valence-corrected chi connectivity index (χ2v) is 9.60. The van der Waals surface area contributed by atoms with Gasteiger partial charge in [-0.3, -0.25) is 9.69 Å². The van der Waals surface area contributed by atoms with Gasteiger partial charge in [0.1, 0.15) is 17.7 Å². The van der Waals surface area contributed by atoms with Gasteiger partial charge in [-0.05, 0) is 75.3 Å². The van der Waals surface area contributed by atoms with E-state index in [-0.39, 0.29) is 17.7 Å². The lowest BCUT2D eigenvalue weighted by molar-refractivity contribution is 0.0481. The number of ketones is 1. The number of fused-ring (bicyclic) bond motifs is 3. The summed E-state index contributed by atoms with van der Waals surface area (Å²) in [5, 5.41) is 1.08. The van der Waals surface area contributed by atoms with Crippen molar-refractivity contribution in [3.63, 3.8) is 0 Å². The number of Topliss-reactive ketones (excluding diaryl/α,β-unsaturated/α-hetero) is 1. The number of hydrogen-bond donors (Lipinski definition) is 0. The van der Waals surface area contributed by atoms with Gasteiger partial charge in [-0.25, -0.2) is 4.39 Å². The van der Waals surface area contributed by atoms with E-state index in [1.54, 1.807) is 19.1 Å². The summed E-state index contributed by atoms with van der Waals surface area (Å²) in [6, 6.07) is 13.8. The van der Waals surface area contributed by atoms with Crippen LogP contribution in [0.15, 0.2) is 48.7 Å². The monoisotopic (exact) mass is 448 g/mol. The van der Waals surface area contributed by atoms with Crippen LogP contribution < -0.4 is 4.74 Å².